The van der Waals surface area contributed by atoms with Crippen molar-refractivity contribution in [2.45, 2.75) is 87.6 Å². The van der Waals surface area contributed by atoms with Crippen LogP contribution in [0.5, 0.6) is 0 Å². The van der Waals surface area contributed by atoms with Crippen LogP contribution in [0, 0.1) is 22.7 Å². The Morgan fingerprint density at radius 3 is 2.67 bits per heavy atom. The average molecular weight is 414 g/mol. The molecule has 1 saturated heterocycles. The van der Waals surface area contributed by atoms with Crippen LogP contribution in [0.25, 0.3) is 0 Å². The quantitative estimate of drug-likeness (QED) is 0.570. The van der Waals surface area contributed by atoms with Gasteiger partial charge in [-0.1, -0.05) is 6.92 Å². The number of fused-ring (bicyclic) bond motifs is 3. The number of carbonyl (C=O) groups is 1. The first-order valence-corrected chi connectivity index (χ1v) is 11.4. The van der Waals surface area contributed by atoms with Crippen molar-refractivity contribution in [3.8, 4) is 0 Å². The highest BCUT2D eigenvalue weighted by atomic mass is 16.6. The van der Waals surface area contributed by atoms with Crippen molar-refractivity contribution in [3.63, 3.8) is 0 Å². The van der Waals surface area contributed by atoms with Crippen LogP contribution in [0.4, 0.5) is 0 Å². The molecule has 0 aromatic carbocycles. The van der Waals surface area contributed by atoms with Crippen LogP contribution >= 0.6 is 0 Å². The lowest BCUT2D eigenvalue weighted by Crippen LogP contribution is -2.66. The molecule has 4 aliphatic carbocycles. The minimum absolute atomic E-state index is 0.0769. The lowest BCUT2D eigenvalue weighted by molar-refractivity contribution is -0.218. The second-order valence-electron chi connectivity index (χ2n) is 10.9. The van der Waals surface area contributed by atoms with Gasteiger partial charge in [0.1, 0.15) is 11.9 Å². The van der Waals surface area contributed by atoms with Crippen LogP contribution in [-0.4, -0.2) is 39.9 Å². The second-order valence-corrected chi connectivity index (χ2v) is 10.9. The monoisotopic (exact) mass is 414 g/mol. The highest BCUT2D eigenvalue weighted by Crippen LogP contribution is 2.78. The third-order valence-electron chi connectivity index (χ3n) is 10.1. The summed E-state index contributed by atoms with van der Waals surface area (Å²) in [5, 5.41) is 21.8. The van der Waals surface area contributed by atoms with Crippen LogP contribution < -0.4 is 5.63 Å². The molecule has 1 aromatic rings. The highest BCUT2D eigenvalue weighted by Gasteiger charge is 2.81. The maximum atomic E-state index is 12.6. The van der Waals surface area contributed by atoms with Gasteiger partial charge in [0.05, 0.1) is 29.5 Å². The van der Waals surface area contributed by atoms with E-state index in [-0.39, 0.29) is 40.5 Å². The first-order valence-electron chi connectivity index (χ1n) is 11.4. The van der Waals surface area contributed by atoms with Crippen molar-refractivity contribution in [1.82, 2.24) is 0 Å². The van der Waals surface area contributed by atoms with Gasteiger partial charge in [0.25, 0.3) is 0 Å². The molecule has 1 aromatic heterocycles. The van der Waals surface area contributed by atoms with Crippen LogP contribution in [0.2, 0.25) is 0 Å². The van der Waals surface area contributed by atoms with Gasteiger partial charge in [-0.15, -0.1) is 0 Å². The number of hydrogen-bond donors (Lipinski definition) is 2. The zero-order valence-electron chi connectivity index (χ0n) is 17.4. The predicted molar refractivity (Wildman–Crippen MR) is 107 cm³/mol. The Bertz CT molecular complexity index is 937. The Hall–Kier alpha value is -1.50. The van der Waals surface area contributed by atoms with E-state index in [1.807, 2.05) is 6.07 Å². The van der Waals surface area contributed by atoms with Gasteiger partial charge in [0.15, 0.2) is 0 Å². The zero-order chi connectivity index (χ0) is 20.9. The summed E-state index contributed by atoms with van der Waals surface area (Å²) >= 11 is 0. The number of carbonyl (C=O) groups excluding carboxylic acids is 1. The average Bonchev–Trinajstić information content (AvgIpc) is 3.38. The third-order valence-corrected chi connectivity index (χ3v) is 10.1. The van der Waals surface area contributed by atoms with Gasteiger partial charge in [0.2, 0.25) is 0 Å². The summed E-state index contributed by atoms with van der Waals surface area (Å²) in [7, 11) is 0. The van der Waals surface area contributed by atoms with Gasteiger partial charge in [-0.05, 0) is 74.3 Å². The van der Waals surface area contributed by atoms with Crippen molar-refractivity contribution in [2.75, 3.05) is 0 Å². The Morgan fingerprint density at radius 2 is 1.93 bits per heavy atom. The molecule has 0 radical (unpaired) electrons. The van der Waals surface area contributed by atoms with E-state index in [2.05, 4.69) is 6.92 Å². The molecule has 5 aliphatic rings. The van der Waals surface area contributed by atoms with E-state index in [1.165, 1.54) is 6.07 Å². The van der Waals surface area contributed by atoms with Gasteiger partial charge >= 0.3 is 5.63 Å². The minimum Gasteiger partial charge on any atom is -0.431 e. The molecule has 6 nitrogen and oxygen atoms in total. The number of rotatable bonds is 2. The van der Waals surface area contributed by atoms with Crippen LogP contribution in [-0.2, 0) is 9.53 Å². The molecule has 0 amide bonds. The number of ether oxygens (including phenoxy) is 1. The molecule has 4 saturated carbocycles. The van der Waals surface area contributed by atoms with E-state index in [1.54, 1.807) is 6.26 Å². The number of epoxide rings is 1. The Kier molecular flexibility index (Phi) is 3.74. The standard InChI is InChI=1S/C24H30O6/c1-21-7-5-16-17(6-9-23(28)11-15(26)4-8-22(16,23)13-25)24(21)19(30-24)10-18(21)14-2-3-20(27)29-12-14/h2-3,12-13,15-19,26,28H,4-11H2,1H3/t15-,16+,17+,18-,19-,21-,22+,23-,24-/m0/s1. The summed E-state index contributed by atoms with van der Waals surface area (Å²) in [6, 6.07) is 3.39. The van der Waals surface area contributed by atoms with Gasteiger partial charge in [-0.2, -0.15) is 0 Å². The van der Waals surface area contributed by atoms with E-state index in [0.29, 0.717) is 25.7 Å². The second kappa shape index (κ2) is 5.84. The molecule has 162 valence electrons. The molecule has 0 bridgehead atoms. The smallest absolute Gasteiger partial charge is 0.335 e. The van der Waals surface area contributed by atoms with E-state index in [9.17, 15) is 19.8 Å². The molecule has 1 spiro atoms. The van der Waals surface area contributed by atoms with Crippen LogP contribution in [0.15, 0.2) is 27.6 Å². The van der Waals surface area contributed by atoms with E-state index >= 15 is 0 Å². The fraction of sp³-hybridized carbons (Fsp3) is 0.750. The van der Waals surface area contributed by atoms with Crippen molar-refractivity contribution >= 4 is 6.29 Å². The summed E-state index contributed by atoms with van der Waals surface area (Å²) < 4.78 is 11.7. The van der Waals surface area contributed by atoms with Gasteiger partial charge < -0.3 is 24.2 Å². The maximum absolute atomic E-state index is 12.6. The van der Waals surface area contributed by atoms with Crippen molar-refractivity contribution in [3.05, 3.63) is 34.4 Å². The van der Waals surface area contributed by atoms with Crippen molar-refractivity contribution in [2.24, 2.45) is 22.7 Å². The number of aliphatic hydroxyl groups is 2. The van der Waals surface area contributed by atoms with E-state index in [4.69, 9.17) is 9.15 Å². The Labute approximate surface area is 175 Å². The largest absolute Gasteiger partial charge is 0.431 e. The maximum Gasteiger partial charge on any atom is 0.335 e. The lowest BCUT2D eigenvalue weighted by atomic mass is 9.42. The molecule has 30 heavy (non-hydrogen) atoms. The van der Waals surface area contributed by atoms with Gasteiger partial charge in [-0.25, -0.2) is 4.79 Å². The molecule has 1 aliphatic heterocycles. The minimum atomic E-state index is -1.11. The summed E-state index contributed by atoms with van der Waals surface area (Å²) in [6.45, 7) is 2.31. The summed E-state index contributed by atoms with van der Waals surface area (Å²) in [4.78, 5) is 24.0. The first kappa shape index (κ1) is 19.2. The Morgan fingerprint density at radius 1 is 1.13 bits per heavy atom. The first-order chi connectivity index (χ1) is 14.3. The van der Waals surface area contributed by atoms with Crippen molar-refractivity contribution < 1.29 is 24.2 Å². The summed E-state index contributed by atoms with van der Waals surface area (Å²) in [5.41, 5.74) is -1.50. The number of aldehydes is 1. The number of aliphatic hydroxyl groups excluding tert-OH is 1. The molecule has 5 fully saturated rings. The molecular weight excluding hydrogens is 384 g/mol. The normalized spacial score (nSPS) is 53.8. The van der Waals surface area contributed by atoms with E-state index in [0.717, 1.165) is 37.5 Å². The van der Waals surface area contributed by atoms with Crippen LogP contribution in [0.3, 0.4) is 0 Å². The summed E-state index contributed by atoms with van der Waals surface area (Å²) in [5.74, 6) is 0.595. The predicted octanol–water partition coefficient (Wildman–Crippen LogP) is 2.55. The molecule has 0 unspecified atom stereocenters. The van der Waals surface area contributed by atoms with Gasteiger partial charge in [0, 0.05) is 17.9 Å². The molecule has 9 atom stereocenters. The molecule has 6 rings (SSSR count). The highest BCUT2D eigenvalue weighted by molar-refractivity contribution is 5.64. The van der Waals surface area contributed by atoms with Crippen molar-refractivity contribution in [1.29, 1.82) is 0 Å². The lowest BCUT2D eigenvalue weighted by Gasteiger charge is -2.62. The fourth-order valence-corrected chi connectivity index (χ4v) is 8.69. The zero-order valence-corrected chi connectivity index (χ0v) is 17.4. The van der Waals surface area contributed by atoms with Crippen LogP contribution in [0.1, 0.15) is 69.8 Å². The molecule has 2 heterocycles. The molecule has 6 heteroatoms. The molecular formula is C24H30O6. The fourth-order valence-electron chi connectivity index (χ4n) is 8.69. The topological polar surface area (TPSA) is 100 Å². The van der Waals surface area contributed by atoms with Gasteiger partial charge in [-0.3, -0.25) is 0 Å². The summed E-state index contributed by atoms with van der Waals surface area (Å²) in [6.07, 6.45) is 7.78. The Balaban J connectivity index is 1.39. The van der Waals surface area contributed by atoms with E-state index < -0.39 is 17.1 Å². The number of hydrogen-bond acceptors (Lipinski definition) is 6. The molecule has 2 N–H and O–H groups in total. The SMILES string of the molecule is C[C@@]12CC[C@@H]3[C@@H](CC[C@]4(O)C[C@@H](O)CC[C@@]34C=O)[C@@]13O[C@H]3C[C@H]2c1ccc(=O)oc1. The third kappa shape index (κ3) is 2.06.